The summed E-state index contributed by atoms with van der Waals surface area (Å²) in [6.07, 6.45) is 37.9. The van der Waals surface area contributed by atoms with Crippen molar-refractivity contribution in [2.24, 2.45) is 0 Å². The van der Waals surface area contributed by atoms with E-state index in [9.17, 15) is 20.1 Å². The number of rotatable bonds is 34. The fourth-order valence-corrected chi connectivity index (χ4v) is 5.83. The quantitative estimate of drug-likeness (QED) is 0.0432. The van der Waals surface area contributed by atoms with Crippen molar-refractivity contribution in [3.05, 3.63) is 12.2 Å². The average Bonchev–Trinajstić information content (AvgIpc) is 3.01. The van der Waals surface area contributed by atoms with E-state index in [1.165, 1.54) is 148 Å². The van der Waals surface area contributed by atoms with Gasteiger partial charge < -0.3 is 20.6 Å². The molecular formula is C38H75NO4. The van der Waals surface area contributed by atoms with E-state index in [4.69, 9.17) is 0 Å². The van der Waals surface area contributed by atoms with E-state index >= 15 is 0 Å². The number of hydrogen-bond acceptors (Lipinski definition) is 4. The van der Waals surface area contributed by atoms with Crippen LogP contribution in [0.15, 0.2) is 12.2 Å². The van der Waals surface area contributed by atoms with Gasteiger partial charge in [0.05, 0.1) is 18.8 Å². The van der Waals surface area contributed by atoms with Gasteiger partial charge in [-0.2, -0.15) is 0 Å². The third-order valence-corrected chi connectivity index (χ3v) is 8.88. The van der Waals surface area contributed by atoms with Crippen molar-refractivity contribution >= 4 is 5.91 Å². The number of carbonyl (C=O) groups excluding carboxylic acids is 1. The van der Waals surface area contributed by atoms with E-state index < -0.39 is 24.2 Å². The maximum Gasteiger partial charge on any atom is 0.249 e. The summed E-state index contributed by atoms with van der Waals surface area (Å²) in [6.45, 7) is 4.17. The Balaban J connectivity index is 3.70. The zero-order valence-electron chi connectivity index (χ0n) is 28.8. The average molecular weight is 610 g/mol. The summed E-state index contributed by atoms with van der Waals surface area (Å²) in [4.78, 5) is 12.4. The van der Waals surface area contributed by atoms with Crippen LogP contribution in [-0.4, -0.2) is 46.1 Å². The molecule has 0 aromatic heterocycles. The van der Waals surface area contributed by atoms with Gasteiger partial charge in [-0.1, -0.05) is 193 Å². The molecule has 43 heavy (non-hydrogen) atoms. The van der Waals surface area contributed by atoms with Gasteiger partial charge >= 0.3 is 0 Å². The van der Waals surface area contributed by atoms with Crippen molar-refractivity contribution in [1.82, 2.24) is 5.32 Å². The van der Waals surface area contributed by atoms with E-state index in [2.05, 4.69) is 19.2 Å². The van der Waals surface area contributed by atoms with Gasteiger partial charge in [-0.25, -0.2) is 0 Å². The molecule has 0 aromatic rings. The largest absolute Gasteiger partial charge is 0.394 e. The number of amides is 1. The number of unbranched alkanes of at least 4 members (excludes halogenated alkanes) is 26. The summed E-state index contributed by atoms with van der Waals surface area (Å²) < 4.78 is 0. The van der Waals surface area contributed by atoms with Crippen molar-refractivity contribution in [3.63, 3.8) is 0 Å². The first-order chi connectivity index (χ1) is 21.1. The highest BCUT2D eigenvalue weighted by Gasteiger charge is 2.22. The van der Waals surface area contributed by atoms with Crippen LogP contribution in [0.3, 0.4) is 0 Å². The van der Waals surface area contributed by atoms with Crippen LogP contribution in [0.1, 0.15) is 200 Å². The molecule has 256 valence electrons. The standard InChI is InChI=1S/C38H75NO4/c1-3-5-7-9-11-13-15-17-18-19-21-23-25-27-29-31-33-37(42)38(43)39-35(34-40)36(41)32-30-28-26-24-22-20-16-14-12-10-8-6-4-2/h30,32,35-37,40-42H,3-29,31,33-34H2,1-2H3,(H,39,43). The minimum Gasteiger partial charge on any atom is -0.394 e. The Morgan fingerprint density at radius 1 is 0.558 bits per heavy atom. The van der Waals surface area contributed by atoms with E-state index in [0.717, 1.165) is 32.1 Å². The lowest BCUT2D eigenvalue weighted by molar-refractivity contribution is -0.131. The molecule has 1 amide bonds. The number of aliphatic hydroxyl groups excluding tert-OH is 3. The lowest BCUT2D eigenvalue weighted by Gasteiger charge is -2.21. The van der Waals surface area contributed by atoms with Crippen molar-refractivity contribution in [2.45, 2.75) is 218 Å². The molecule has 0 aromatic carbocycles. The summed E-state index contributed by atoms with van der Waals surface area (Å²) in [6, 6.07) is -0.790. The Kier molecular flexibility index (Phi) is 33.3. The number of allylic oxidation sites excluding steroid dienone is 1. The zero-order valence-corrected chi connectivity index (χ0v) is 28.8. The number of aliphatic hydroxyl groups is 3. The van der Waals surface area contributed by atoms with Gasteiger partial charge in [-0.15, -0.1) is 0 Å². The van der Waals surface area contributed by atoms with Crippen molar-refractivity contribution < 1.29 is 20.1 Å². The van der Waals surface area contributed by atoms with Crippen molar-refractivity contribution in [3.8, 4) is 0 Å². The van der Waals surface area contributed by atoms with Gasteiger partial charge in [0.1, 0.15) is 6.10 Å². The highest BCUT2D eigenvalue weighted by atomic mass is 16.3. The molecule has 0 saturated carbocycles. The normalized spacial score (nSPS) is 13.9. The van der Waals surface area contributed by atoms with E-state index in [1.807, 2.05) is 6.08 Å². The molecule has 0 heterocycles. The van der Waals surface area contributed by atoms with Gasteiger partial charge in [-0.05, 0) is 19.3 Å². The SMILES string of the molecule is CCCCCCCCCCCCCC=CC(O)C(CO)NC(=O)C(O)CCCCCCCCCCCCCCCCCC. The molecular weight excluding hydrogens is 534 g/mol. The predicted octanol–water partition coefficient (Wildman–Crippen LogP) is 10.1. The van der Waals surface area contributed by atoms with Crippen LogP contribution >= 0.6 is 0 Å². The molecule has 0 radical (unpaired) electrons. The Morgan fingerprint density at radius 2 is 0.907 bits per heavy atom. The summed E-state index contributed by atoms with van der Waals surface area (Å²) >= 11 is 0. The van der Waals surface area contributed by atoms with Gasteiger partial charge in [0.2, 0.25) is 5.91 Å². The topological polar surface area (TPSA) is 89.8 Å². The number of nitrogens with one attached hydrogen (secondary N) is 1. The van der Waals surface area contributed by atoms with E-state index in [-0.39, 0.29) is 6.61 Å². The fraction of sp³-hybridized carbons (Fsp3) is 0.921. The predicted molar refractivity (Wildman–Crippen MR) is 185 cm³/mol. The zero-order chi connectivity index (χ0) is 31.6. The summed E-state index contributed by atoms with van der Waals surface area (Å²) in [5.74, 6) is -0.502. The van der Waals surface area contributed by atoms with E-state index in [1.54, 1.807) is 6.08 Å². The first-order valence-corrected chi connectivity index (χ1v) is 19.0. The number of carbonyl (C=O) groups is 1. The third-order valence-electron chi connectivity index (χ3n) is 8.88. The second kappa shape index (κ2) is 34.0. The van der Waals surface area contributed by atoms with Crippen LogP contribution in [0.5, 0.6) is 0 Å². The maximum atomic E-state index is 12.4. The van der Waals surface area contributed by atoms with Crippen LogP contribution in [0.2, 0.25) is 0 Å². The summed E-state index contributed by atoms with van der Waals surface area (Å²) in [5.41, 5.74) is 0. The van der Waals surface area contributed by atoms with E-state index in [0.29, 0.717) is 6.42 Å². The van der Waals surface area contributed by atoms with Gasteiger partial charge in [0.25, 0.3) is 0 Å². The van der Waals surface area contributed by atoms with Gasteiger partial charge in [-0.3, -0.25) is 4.79 Å². The summed E-state index contributed by atoms with van der Waals surface area (Å²) in [5, 5.41) is 33.0. The monoisotopic (exact) mass is 610 g/mol. The van der Waals surface area contributed by atoms with Crippen LogP contribution in [0.4, 0.5) is 0 Å². The minimum absolute atomic E-state index is 0.360. The molecule has 0 saturated heterocycles. The molecule has 0 aliphatic rings. The molecule has 3 unspecified atom stereocenters. The Bertz CT molecular complexity index is 596. The second-order valence-electron chi connectivity index (χ2n) is 13.1. The summed E-state index contributed by atoms with van der Waals surface area (Å²) in [7, 11) is 0. The third kappa shape index (κ3) is 29.6. The molecule has 3 atom stereocenters. The van der Waals surface area contributed by atoms with Gasteiger partial charge in [0.15, 0.2) is 0 Å². The second-order valence-corrected chi connectivity index (χ2v) is 13.1. The molecule has 0 spiro atoms. The molecule has 5 nitrogen and oxygen atoms in total. The van der Waals surface area contributed by atoms with Crippen LogP contribution in [0.25, 0.3) is 0 Å². The first kappa shape index (κ1) is 42.1. The lowest BCUT2D eigenvalue weighted by atomic mass is 10.0. The van der Waals surface area contributed by atoms with Crippen molar-refractivity contribution in [2.75, 3.05) is 6.61 Å². The minimum atomic E-state index is -1.09. The highest BCUT2D eigenvalue weighted by Crippen LogP contribution is 2.15. The lowest BCUT2D eigenvalue weighted by Crippen LogP contribution is -2.48. The molecule has 0 rings (SSSR count). The van der Waals surface area contributed by atoms with Gasteiger partial charge in [0, 0.05) is 0 Å². The molecule has 5 heteroatoms. The number of hydrogen-bond donors (Lipinski definition) is 4. The molecule has 0 bridgehead atoms. The molecule has 4 N–H and O–H groups in total. The van der Waals surface area contributed by atoms with Crippen LogP contribution < -0.4 is 5.32 Å². The molecule has 0 aliphatic carbocycles. The highest BCUT2D eigenvalue weighted by molar-refractivity contribution is 5.80. The Hall–Kier alpha value is -0.910. The maximum absolute atomic E-state index is 12.4. The first-order valence-electron chi connectivity index (χ1n) is 19.0. The van der Waals surface area contributed by atoms with Crippen LogP contribution in [-0.2, 0) is 4.79 Å². The molecule has 0 aliphatic heterocycles. The Labute approximate surface area is 268 Å². The van der Waals surface area contributed by atoms with Crippen molar-refractivity contribution in [1.29, 1.82) is 0 Å². The molecule has 0 fully saturated rings. The smallest absolute Gasteiger partial charge is 0.249 e. The van der Waals surface area contributed by atoms with Crippen LogP contribution in [0, 0.1) is 0 Å². The fourth-order valence-electron chi connectivity index (χ4n) is 5.83. The Morgan fingerprint density at radius 3 is 1.28 bits per heavy atom.